The highest BCUT2D eigenvalue weighted by molar-refractivity contribution is 9.10. The Labute approximate surface area is 236 Å². The van der Waals surface area contributed by atoms with Crippen molar-refractivity contribution in [3.8, 4) is 5.75 Å². The molecule has 0 spiro atoms. The molecule has 0 aromatic heterocycles. The lowest BCUT2D eigenvalue weighted by molar-refractivity contribution is -0.139. The summed E-state index contributed by atoms with van der Waals surface area (Å²) in [6.45, 7) is -0.432. The first-order valence-corrected chi connectivity index (χ1v) is 14.7. The standard InChI is InChI=1S/C27H29BrClN3O5S/c1-30-27(34)24(15-19-7-5-4-6-8-19)31(17-20-9-11-21(28)12-10-20)26(33)18-32(38(3,35)36)22-13-14-25(37-2)23(29)16-22/h4-14,16,24H,15,17-18H2,1-3H3,(H,30,34)/t24-/m0/s1. The maximum absolute atomic E-state index is 13.9. The fraction of sp³-hybridized carbons (Fsp3) is 0.259. The van der Waals surface area contributed by atoms with Gasteiger partial charge in [0.2, 0.25) is 21.8 Å². The van der Waals surface area contributed by atoms with Crippen molar-refractivity contribution >= 4 is 55.1 Å². The van der Waals surface area contributed by atoms with Gasteiger partial charge in [-0.3, -0.25) is 13.9 Å². The summed E-state index contributed by atoms with van der Waals surface area (Å²) < 4.78 is 32.6. The van der Waals surface area contributed by atoms with Gasteiger partial charge in [0.1, 0.15) is 18.3 Å². The van der Waals surface area contributed by atoms with Crippen LogP contribution in [-0.4, -0.2) is 58.1 Å². The minimum atomic E-state index is -3.89. The molecule has 0 saturated carbocycles. The number of ether oxygens (including phenoxy) is 1. The summed E-state index contributed by atoms with van der Waals surface area (Å²) >= 11 is 9.65. The topological polar surface area (TPSA) is 96.0 Å². The third-order valence-electron chi connectivity index (χ3n) is 5.89. The number of likely N-dealkylation sites (N-methyl/N-ethyl adjacent to an activating group) is 1. The van der Waals surface area contributed by atoms with Crippen molar-refractivity contribution in [3.05, 3.63) is 93.4 Å². The summed E-state index contributed by atoms with van der Waals surface area (Å²) in [6, 6.07) is 20.3. The van der Waals surface area contributed by atoms with E-state index >= 15 is 0 Å². The van der Waals surface area contributed by atoms with Gasteiger partial charge in [0.15, 0.2) is 0 Å². The minimum absolute atomic E-state index is 0.0952. The molecule has 3 aromatic rings. The van der Waals surface area contributed by atoms with Crippen molar-refractivity contribution in [2.24, 2.45) is 0 Å². The number of methoxy groups -OCH3 is 1. The molecular weight excluding hydrogens is 594 g/mol. The summed E-state index contributed by atoms with van der Waals surface area (Å²) in [5, 5.41) is 2.85. The maximum Gasteiger partial charge on any atom is 0.244 e. The van der Waals surface area contributed by atoms with Gasteiger partial charge < -0.3 is 15.0 Å². The molecule has 0 unspecified atom stereocenters. The molecular formula is C27H29BrClN3O5S. The van der Waals surface area contributed by atoms with Gasteiger partial charge in [-0.25, -0.2) is 8.42 Å². The molecule has 8 nitrogen and oxygen atoms in total. The third kappa shape index (κ3) is 7.72. The number of benzene rings is 3. The Bertz CT molecular complexity index is 1370. The predicted octanol–water partition coefficient (Wildman–Crippen LogP) is 4.26. The summed E-state index contributed by atoms with van der Waals surface area (Å²) in [4.78, 5) is 28.4. The van der Waals surface area contributed by atoms with Crippen molar-refractivity contribution in [2.45, 2.75) is 19.0 Å². The average Bonchev–Trinajstić information content (AvgIpc) is 2.89. The van der Waals surface area contributed by atoms with Crippen molar-refractivity contribution in [3.63, 3.8) is 0 Å². The first-order valence-electron chi connectivity index (χ1n) is 11.6. The van der Waals surface area contributed by atoms with E-state index in [0.29, 0.717) is 5.75 Å². The molecule has 0 aliphatic rings. The van der Waals surface area contributed by atoms with Crippen LogP contribution in [0.25, 0.3) is 0 Å². The van der Waals surface area contributed by atoms with Crippen LogP contribution in [0.4, 0.5) is 5.69 Å². The molecule has 0 bridgehead atoms. The number of carbonyl (C=O) groups is 2. The SMILES string of the molecule is CNC(=O)[C@H](Cc1ccccc1)N(Cc1ccc(Br)cc1)C(=O)CN(c1ccc(OC)c(Cl)c1)S(C)(=O)=O. The van der Waals surface area contributed by atoms with E-state index in [0.717, 1.165) is 26.2 Å². The van der Waals surface area contributed by atoms with Crippen LogP contribution in [0.5, 0.6) is 5.75 Å². The molecule has 0 heterocycles. The monoisotopic (exact) mass is 621 g/mol. The Morgan fingerprint density at radius 3 is 2.24 bits per heavy atom. The van der Waals surface area contributed by atoms with E-state index in [4.69, 9.17) is 16.3 Å². The first-order chi connectivity index (χ1) is 18.0. The molecule has 202 valence electrons. The van der Waals surface area contributed by atoms with E-state index in [1.807, 2.05) is 54.6 Å². The van der Waals surface area contributed by atoms with Crippen LogP contribution in [-0.2, 0) is 32.6 Å². The fourth-order valence-electron chi connectivity index (χ4n) is 3.93. The number of anilines is 1. The Kier molecular flexibility index (Phi) is 10.2. The highest BCUT2D eigenvalue weighted by Crippen LogP contribution is 2.30. The molecule has 3 rings (SSSR count). The van der Waals surface area contributed by atoms with Crippen LogP contribution in [0.15, 0.2) is 77.3 Å². The first kappa shape index (κ1) is 29.5. The number of carbonyl (C=O) groups excluding carboxylic acids is 2. The number of rotatable bonds is 11. The molecule has 11 heteroatoms. The average molecular weight is 623 g/mol. The Morgan fingerprint density at radius 1 is 1.03 bits per heavy atom. The van der Waals surface area contributed by atoms with E-state index in [2.05, 4.69) is 21.2 Å². The van der Waals surface area contributed by atoms with Crippen LogP contribution in [0.1, 0.15) is 11.1 Å². The Hall–Kier alpha value is -3.08. The van der Waals surface area contributed by atoms with Crippen molar-refractivity contribution in [1.29, 1.82) is 0 Å². The van der Waals surface area contributed by atoms with Crippen LogP contribution in [0.2, 0.25) is 5.02 Å². The number of nitrogens with zero attached hydrogens (tertiary/aromatic N) is 2. The zero-order chi connectivity index (χ0) is 27.9. The summed E-state index contributed by atoms with van der Waals surface area (Å²) in [6.07, 6.45) is 1.26. The molecule has 38 heavy (non-hydrogen) atoms. The molecule has 0 saturated heterocycles. The van der Waals surface area contributed by atoms with E-state index < -0.39 is 28.5 Å². The van der Waals surface area contributed by atoms with Crippen LogP contribution >= 0.6 is 27.5 Å². The quantitative estimate of drug-likeness (QED) is 0.345. The van der Waals surface area contributed by atoms with Crippen molar-refractivity contribution < 1.29 is 22.7 Å². The van der Waals surface area contributed by atoms with Crippen molar-refractivity contribution in [2.75, 3.05) is 31.3 Å². The number of sulfonamides is 1. The van der Waals surface area contributed by atoms with Gasteiger partial charge in [-0.15, -0.1) is 0 Å². The number of halogens is 2. The lowest BCUT2D eigenvalue weighted by Gasteiger charge is -2.33. The van der Waals surface area contributed by atoms with Gasteiger partial charge >= 0.3 is 0 Å². The van der Waals surface area contributed by atoms with Crippen LogP contribution < -0.4 is 14.4 Å². The number of hydrogen-bond acceptors (Lipinski definition) is 5. The van der Waals surface area contributed by atoms with E-state index in [1.165, 1.54) is 37.3 Å². The summed E-state index contributed by atoms with van der Waals surface area (Å²) in [5.41, 5.74) is 1.84. The highest BCUT2D eigenvalue weighted by atomic mass is 79.9. The second-order valence-corrected chi connectivity index (χ2v) is 11.8. The minimum Gasteiger partial charge on any atom is -0.495 e. The molecule has 3 aromatic carbocycles. The van der Waals surface area contributed by atoms with Gasteiger partial charge in [-0.2, -0.15) is 0 Å². The number of hydrogen-bond donors (Lipinski definition) is 1. The van der Waals surface area contributed by atoms with Gasteiger partial charge in [0, 0.05) is 24.5 Å². The number of nitrogens with one attached hydrogen (secondary N) is 1. The Morgan fingerprint density at radius 2 is 1.68 bits per heavy atom. The highest BCUT2D eigenvalue weighted by Gasteiger charge is 2.32. The zero-order valence-electron chi connectivity index (χ0n) is 21.2. The number of amides is 2. The Balaban J connectivity index is 2.03. The second kappa shape index (κ2) is 13.1. The third-order valence-corrected chi connectivity index (χ3v) is 7.85. The lowest BCUT2D eigenvalue weighted by atomic mass is 10.0. The summed E-state index contributed by atoms with van der Waals surface area (Å²) in [5.74, 6) is -0.540. The zero-order valence-corrected chi connectivity index (χ0v) is 24.4. The molecule has 1 N–H and O–H groups in total. The fourth-order valence-corrected chi connectivity index (χ4v) is 5.29. The molecule has 0 aliphatic carbocycles. The van der Waals surface area contributed by atoms with Gasteiger partial charge in [-0.1, -0.05) is 70.0 Å². The molecule has 0 aliphatic heterocycles. The smallest absolute Gasteiger partial charge is 0.244 e. The van der Waals surface area contributed by atoms with E-state index in [1.54, 1.807) is 0 Å². The molecule has 0 fully saturated rings. The van der Waals surface area contributed by atoms with Crippen LogP contribution in [0, 0.1) is 0 Å². The van der Waals surface area contributed by atoms with Gasteiger partial charge in [0.05, 0.1) is 24.1 Å². The summed E-state index contributed by atoms with van der Waals surface area (Å²) in [7, 11) is -0.939. The van der Waals surface area contributed by atoms with Crippen molar-refractivity contribution in [1.82, 2.24) is 10.2 Å². The molecule has 2 amide bonds. The largest absolute Gasteiger partial charge is 0.495 e. The van der Waals surface area contributed by atoms with Gasteiger partial charge in [0.25, 0.3) is 0 Å². The lowest BCUT2D eigenvalue weighted by Crippen LogP contribution is -2.52. The van der Waals surface area contributed by atoms with E-state index in [-0.39, 0.29) is 29.6 Å². The normalized spacial score (nSPS) is 11.9. The predicted molar refractivity (Wildman–Crippen MR) is 153 cm³/mol. The van der Waals surface area contributed by atoms with E-state index in [9.17, 15) is 18.0 Å². The molecule has 0 radical (unpaired) electrons. The van der Waals surface area contributed by atoms with Gasteiger partial charge in [-0.05, 0) is 41.5 Å². The molecule has 1 atom stereocenters. The second-order valence-electron chi connectivity index (χ2n) is 8.56. The maximum atomic E-state index is 13.9. The van der Waals surface area contributed by atoms with Crippen LogP contribution in [0.3, 0.4) is 0 Å².